The van der Waals surface area contributed by atoms with Gasteiger partial charge >= 0.3 is 29.9 Å². The summed E-state index contributed by atoms with van der Waals surface area (Å²) in [5, 5.41) is 73.4. The number of amides is 8. The number of carbonyl (C=O) groups is 12. The number of nitrogens with zero attached hydrogens (tertiary/aromatic N) is 10. The normalized spacial score (nSPS) is 14.2. The second-order valence-electron chi connectivity index (χ2n) is 34.9. The van der Waals surface area contributed by atoms with Gasteiger partial charge in [-0.1, -0.05) is 23.7 Å². The summed E-state index contributed by atoms with van der Waals surface area (Å²) in [6.07, 6.45) is 7.50. The number of carboxylic acid groups (broad SMARTS) is 4. The number of aryl methyl sites for hydroxylation is 6. The van der Waals surface area contributed by atoms with E-state index in [1.807, 2.05) is 0 Å². The predicted octanol–water partition coefficient (Wildman–Crippen LogP) is -0.226. The molecule has 5 heterocycles. The molecule has 1 radical (unpaired) electrons. The third kappa shape index (κ3) is 38.1. The molecule has 1 saturated heterocycles. The number of carbonyl (C=O) groups excluding carboxylic acids is 8. The van der Waals surface area contributed by atoms with Crippen molar-refractivity contribution in [3.8, 4) is 11.5 Å². The van der Waals surface area contributed by atoms with Crippen LogP contribution in [0.4, 0.5) is 11.9 Å². The molecule has 55 nitrogen and oxygen atoms in total. The Kier molecular flexibility index (Phi) is 46.2. The number of anilines is 2. The largest absolute Gasteiger partial charge is 0.512 e. The molecule has 1 aliphatic rings. The van der Waals surface area contributed by atoms with Crippen LogP contribution in [0.25, 0.3) is 21.8 Å². The first-order valence-corrected chi connectivity index (χ1v) is 52.6. The molecule has 2 unspecified atom stereocenters. The first-order chi connectivity index (χ1) is 70.2. The Balaban J connectivity index is 0.0000274. The zero-order chi connectivity index (χ0) is 110. The number of sulfonamides is 2. The van der Waals surface area contributed by atoms with Crippen molar-refractivity contribution in [1.82, 2.24) is 100 Å². The molecule has 9 rings (SSSR count). The maximum atomic E-state index is 14.9. The van der Waals surface area contributed by atoms with Crippen LogP contribution < -0.4 is 77.6 Å². The van der Waals surface area contributed by atoms with E-state index in [0.29, 0.717) is 36.0 Å². The van der Waals surface area contributed by atoms with Crippen molar-refractivity contribution in [3.05, 3.63) is 180 Å². The summed E-state index contributed by atoms with van der Waals surface area (Å²) in [6, 6.07) is 6.84. The number of rotatable bonds is 56. The molecule has 8 amide bonds. The van der Waals surface area contributed by atoms with Gasteiger partial charge in [-0.15, -0.1) is 0 Å². The van der Waals surface area contributed by atoms with Crippen LogP contribution in [0.5, 0.6) is 11.5 Å². The fraction of sp³-hybridized carbons (Fsp3) is 0.444. The summed E-state index contributed by atoms with van der Waals surface area (Å²) >= 11 is 0. The van der Waals surface area contributed by atoms with Crippen molar-refractivity contribution in [2.75, 3.05) is 160 Å². The minimum atomic E-state index is -4.91. The van der Waals surface area contributed by atoms with Crippen molar-refractivity contribution in [2.45, 2.75) is 107 Å². The smallest absolute Gasteiger partial charge is 0.325 e. The van der Waals surface area contributed by atoms with Crippen LogP contribution in [-0.4, -0.2) is 373 Å². The van der Waals surface area contributed by atoms with E-state index in [0.717, 1.165) is 11.1 Å². The van der Waals surface area contributed by atoms with Crippen molar-refractivity contribution in [3.63, 3.8) is 0 Å². The zero-order valence-electron chi connectivity index (χ0n) is 82.6. The number of pyridine rings is 2. The average Bonchev–Trinajstić information content (AvgIpc) is 1.20. The summed E-state index contributed by atoms with van der Waals surface area (Å²) in [5.74, 6) is -16.0. The molecule has 4 atom stereocenters. The van der Waals surface area contributed by atoms with E-state index >= 15 is 0 Å². The number of aliphatic carboxylic acids is 4. The van der Waals surface area contributed by atoms with Gasteiger partial charge in [-0.25, -0.2) is 26.8 Å². The van der Waals surface area contributed by atoms with Gasteiger partial charge in [-0.05, 0) is 122 Å². The van der Waals surface area contributed by atoms with Crippen LogP contribution in [0.1, 0.15) is 86.2 Å². The Morgan fingerprint density at radius 2 is 0.873 bits per heavy atom. The molecule has 0 spiro atoms. The zero-order valence-corrected chi connectivity index (χ0v) is 88.7. The third-order valence-corrected chi connectivity index (χ3v) is 28.1. The van der Waals surface area contributed by atoms with E-state index in [1.54, 1.807) is 72.6 Å². The first-order valence-electron chi connectivity index (χ1n) is 46.3. The van der Waals surface area contributed by atoms with Gasteiger partial charge in [0.2, 0.25) is 54.5 Å². The molecule has 817 valence electrons. The van der Waals surface area contributed by atoms with Crippen molar-refractivity contribution in [1.29, 1.82) is 0 Å². The number of ether oxygens (including phenoxy) is 2. The number of aliphatic hydroxyl groups is 1. The van der Waals surface area contributed by atoms with Crippen LogP contribution in [-0.2, 0) is 128 Å². The quantitative estimate of drug-likeness (QED) is 0.0101. The van der Waals surface area contributed by atoms with Crippen molar-refractivity contribution >= 4 is 147 Å². The second-order valence-corrected chi connectivity index (χ2v) is 41.4. The summed E-state index contributed by atoms with van der Waals surface area (Å²) in [4.78, 5) is 220. The number of nitroso groups, excluding NO2 is 1. The minimum absolute atomic E-state index is 0. The topological polar surface area (TPSA) is 784 Å². The van der Waals surface area contributed by atoms with Gasteiger partial charge in [-0.3, -0.25) is 86.7 Å². The maximum Gasteiger partial charge on any atom is 0.325 e. The van der Waals surface area contributed by atoms with E-state index in [2.05, 4.69) is 83.8 Å². The Hall–Kier alpha value is -13.1. The third-order valence-electron chi connectivity index (χ3n) is 23.1. The van der Waals surface area contributed by atoms with Gasteiger partial charge in [0.15, 0.2) is 11.9 Å². The molecule has 4 aromatic heterocycles. The van der Waals surface area contributed by atoms with Crippen LogP contribution in [0.2, 0.25) is 0 Å². The van der Waals surface area contributed by atoms with Gasteiger partial charge in [-0.2, -0.15) is 9.44 Å². The number of aliphatic hydroxyl groups excluding tert-OH is 1. The molecule has 1 fully saturated rings. The summed E-state index contributed by atoms with van der Waals surface area (Å²) in [5.41, 5.74) is 0.900. The number of imidazole rings is 2. The molecular weight excluding hydrogens is 2130 g/mol. The molecule has 0 saturated carbocycles. The molecule has 4 aromatic carbocycles. The summed E-state index contributed by atoms with van der Waals surface area (Å²) in [7, 11) is -15.7. The van der Waals surface area contributed by atoms with Crippen LogP contribution in [0.3, 0.4) is 0 Å². The molecule has 0 bridgehead atoms. The minimum Gasteiger partial charge on any atom is -0.512 e. The summed E-state index contributed by atoms with van der Waals surface area (Å²) < 4.78 is 136. The molecule has 0 aliphatic carbocycles. The molecule has 8 aromatic rings. The van der Waals surface area contributed by atoms with Gasteiger partial charge in [0.05, 0.1) is 111 Å². The van der Waals surface area contributed by atoms with Gasteiger partial charge in [0.1, 0.15) is 51.4 Å². The number of hydrogen-bond acceptors (Lipinski definition) is 36. The van der Waals surface area contributed by atoms with E-state index in [-0.39, 0.29) is 213 Å². The van der Waals surface area contributed by atoms with Gasteiger partial charge < -0.3 is 129 Å². The number of hydrazine groups is 1. The fourth-order valence-electron chi connectivity index (χ4n) is 16.0. The number of hydrogen-bond donors (Lipinski definition) is 24. The maximum absolute atomic E-state index is 14.9. The Labute approximate surface area is 887 Å². The van der Waals surface area contributed by atoms with Crippen LogP contribution in [0, 0.1) is 32.6 Å². The summed E-state index contributed by atoms with van der Waals surface area (Å²) in [6.45, 7) is 2.74. The standard InChI is InChI=1S/C90H123N23O32S4.Y/c1-54-36-61(37-55(2)81(54)148(140,141)104-67(87(129)130)44-99-83(125)65-47-106(6)70-40-59(12-14-63(70)79(65)123)42-101-89-95-21-22-96-89)144-34-8-10-73(115)91-17-19-93-85(127)69(52-146(134,135)136)103-75(117)16-25-112(76(118)49-109-28-32-110(50-77(119)120)30-26-108(46-58(5)114)27-31-111(33-29-109)51-78(121)122)113(133)72(53-147(137,138)139)86(128)94-20-18-92-74(116)11-9-35-145-62-38-56(3)82(57(4)39-62)149(142,143)105-68(88(131)132)45-100-84(126)66-48-107(7)71-41-60(13-15-64(71)80(66)124)43-102-90-97-23-24-98-90;/h12-15,21-24,36-41,47-48,67-69,72,104-105H,5,8-11,16-20,25-35,42-46,49-53H2,1-4,6-7H3,(H21-,91,92,93,94,95,96,97,98,99,100,101,102,103,114,115,116,117,119,120,121,122,125,126,127,128,129,130,131,132,134,135,136,137,138,139);/p+1/t67-,68-,69?,72?;/m0./s1. The SMILES string of the molecule is C=C(O)CN1CCN(CC(=O)O)CCN(CC(=O)N(CCC(=O)NC(CS(O)(O)O)C(=O)NCCNC(=O)CCCOc2cc(C)c(S(=O)(=O)N[C@@H](CNC(=O)c3cn(C)c4cc(CNc5ncc[nH]5)ccc4c3=O)C(=O)O)c(C)c2)[N+](=O)C(CS(O)(O)O)C(=O)NCCNC(=O)CCCOc2cc(C)c(S(=O)(=O)N[C@@H](CNC(=O)c3cn(C)c4cc(CNc5ncc[nH]5)ccc4c3=O)C(=O)O)c(C)c2)CCN(CC(=O)O)CC1.[Y]. The predicted molar refractivity (Wildman–Crippen MR) is 541 cm³/mol. The fourth-order valence-corrected chi connectivity index (χ4v) is 20.6. The Bertz CT molecular complexity index is 6490. The van der Waals surface area contributed by atoms with Crippen LogP contribution >= 0.6 is 21.7 Å². The Morgan fingerprint density at radius 1 is 0.493 bits per heavy atom. The van der Waals surface area contributed by atoms with E-state index < -0.39 is 230 Å². The molecular formula is C90H124N23O32S4Y+. The Morgan fingerprint density at radius 3 is 1.24 bits per heavy atom. The van der Waals surface area contributed by atoms with Crippen molar-refractivity contribution < 1.29 is 174 Å². The van der Waals surface area contributed by atoms with Crippen molar-refractivity contribution in [2.24, 2.45) is 14.1 Å². The number of fused-ring (bicyclic) bond motifs is 2. The number of H-pyrrole nitrogens is 2. The first kappa shape index (κ1) is 122. The van der Waals surface area contributed by atoms with Gasteiger partial charge in [0.25, 0.3) is 23.6 Å². The average molecular weight is 2260 g/mol. The molecule has 24 N–H and O–H groups in total. The molecule has 1 aliphatic heterocycles. The number of aromatic amines is 2. The van der Waals surface area contributed by atoms with Gasteiger partial charge in [0, 0.05) is 212 Å². The monoisotopic (exact) mass is 2260 g/mol. The van der Waals surface area contributed by atoms with Crippen LogP contribution in [0.15, 0.2) is 130 Å². The molecule has 150 heavy (non-hydrogen) atoms. The number of nitrogens with one attached hydrogen (secondary N) is 13. The van der Waals surface area contributed by atoms with E-state index in [4.69, 9.17) is 9.47 Å². The number of carboxylic acids is 4. The van der Waals surface area contributed by atoms with E-state index in [1.165, 1.54) is 95.8 Å². The number of benzene rings is 4. The number of aromatic nitrogens is 6. The molecule has 60 heteroatoms. The van der Waals surface area contributed by atoms with E-state index in [9.17, 15) is 142 Å². The second kappa shape index (κ2) is 56.7.